The Labute approximate surface area is 123 Å². The quantitative estimate of drug-likeness (QED) is 0.889. The number of hydrogen-bond donors (Lipinski definition) is 2. The van der Waals surface area contributed by atoms with Crippen molar-refractivity contribution in [3.8, 4) is 0 Å². The Morgan fingerprint density at radius 1 is 1.50 bits per heavy atom. The lowest BCUT2D eigenvalue weighted by Gasteiger charge is -2.03. The number of aryl methyl sites for hydroxylation is 2. The number of nitrogens with one attached hydrogen (secondary N) is 1. The van der Waals surface area contributed by atoms with Gasteiger partial charge in [-0.05, 0) is 25.8 Å². The average molecular weight is 289 g/mol. The van der Waals surface area contributed by atoms with E-state index in [-0.39, 0.29) is 11.9 Å². The van der Waals surface area contributed by atoms with E-state index in [1.165, 1.54) is 22.5 Å². The molecular weight excluding hydrogens is 270 g/mol. The second kappa shape index (κ2) is 6.63. The maximum atomic E-state index is 11.9. The Kier molecular flexibility index (Phi) is 4.87. The first-order chi connectivity index (χ1) is 9.54. The summed E-state index contributed by atoms with van der Waals surface area (Å²) in [6.07, 6.45) is 1.19. The zero-order valence-electron chi connectivity index (χ0n) is 11.7. The van der Waals surface area contributed by atoms with Crippen LogP contribution in [0.4, 0.5) is 5.13 Å². The van der Waals surface area contributed by atoms with Crippen molar-refractivity contribution in [2.24, 2.45) is 5.73 Å². The number of rotatable bonds is 5. The molecule has 1 heterocycles. The van der Waals surface area contributed by atoms with Crippen molar-refractivity contribution in [2.75, 3.05) is 5.32 Å². The summed E-state index contributed by atoms with van der Waals surface area (Å²) in [7, 11) is 0. The van der Waals surface area contributed by atoms with Crippen LogP contribution < -0.4 is 11.1 Å². The lowest BCUT2D eigenvalue weighted by atomic mass is 10.1. The van der Waals surface area contributed by atoms with E-state index in [1.54, 1.807) is 0 Å². The first-order valence-electron chi connectivity index (χ1n) is 6.61. The predicted molar refractivity (Wildman–Crippen MR) is 82.8 cm³/mol. The molecule has 1 amide bonds. The van der Waals surface area contributed by atoms with Crippen LogP contribution in [0.1, 0.15) is 36.2 Å². The molecular formula is C15H19N3OS. The minimum Gasteiger partial charge on any atom is -0.323 e. The molecule has 0 spiro atoms. The first-order valence-corrected chi connectivity index (χ1v) is 7.49. The molecule has 1 aromatic carbocycles. The lowest BCUT2D eigenvalue weighted by molar-refractivity contribution is -0.116. The molecule has 0 fully saturated rings. The van der Waals surface area contributed by atoms with Gasteiger partial charge < -0.3 is 11.1 Å². The maximum absolute atomic E-state index is 11.9. The fraction of sp³-hybridized carbons (Fsp3) is 0.333. The molecule has 5 heteroatoms. The van der Waals surface area contributed by atoms with Gasteiger partial charge in [-0.25, -0.2) is 4.98 Å². The summed E-state index contributed by atoms with van der Waals surface area (Å²) in [5.74, 6) is -0.0166. The van der Waals surface area contributed by atoms with Crippen LogP contribution in [0.2, 0.25) is 0 Å². The molecule has 0 aliphatic carbocycles. The zero-order valence-corrected chi connectivity index (χ0v) is 12.5. The highest BCUT2D eigenvalue weighted by atomic mass is 32.1. The van der Waals surface area contributed by atoms with Crippen LogP contribution in [0, 0.1) is 6.92 Å². The normalized spacial score (nSPS) is 12.2. The van der Waals surface area contributed by atoms with Crippen molar-refractivity contribution in [1.82, 2.24) is 4.98 Å². The summed E-state index contributed by atoms with van der Waals surface area (Å²) < 4.78 is 0. The number of benzene rings is 1. The van der Waals surface area contributed by atoms with E-state index >= 15 is 0 Å². The summed E-state index contributed by atoms with van der Waals surface area (Å²) in [5.41, 5.74) is 8.94. The van der Waals surface area contributed by atoms with E-state index in [0.29, 0.717) is 11.6 Å². The molecule has 1 aromatic heterocycles. The number of hydrogen-bond acceptors (Lipinski definition) is 4. The molecule has 0 aliphatic rings. The Hall–Kier alpha value is -1.72. The lowest BCUT2D eigenvalue weighted by Crippen LogP contribution is -2.12. The topological polar surface area (TPSA) is 68.0 Å². The Morgan fingerprint density at radius 2 is 2.30 bits per heavy atom. The first kappa shape index (κ1) is 14.7. The standard InChI is InChI=1S/C15H19N3OS/c1-10-4-3-5-12(8-10)6-7-14(19)18-15-17-13(9-20-15)11(2)16/h3-5,8-9,11H,6-7,16H2,1-2H3,(H,17,18,19). The monoisotopic (exact) mass is 289 g/mol. The van der Waals surface area contributed by atoms with Crippen LogP contribution >= 0.6 is 11.3 Å². The van der Waals surface area contributed by atoms with Gasteiger partial charge in [-0.1, -0.05) is 29.8 Å². The van der Waals surface area contributed by atoms with E-state index in [4.69, 9.17) is 5.73 Å². The van der Waals surface area contributed by atoms with Gasteiger partial charge in [0, 0.05) is 17.8 Å². The van der Waals surface area contributed by atoms with Crippen molar-refractivity contribution in [2.45, 2.75) is 32.7 Å². The Bertz CT molecular complexity index is 592. The highest BCUT2D eigenvalue weighted by Gasteiger charge is 2.09. The van der Waals surface area contributed by atoms with Crippen LogP contribution in [-0.2, 0) is 11.2 Å². The van der Waals surface area contributed by atoms with Crippen molar-refractivity contribution < 1.29 is 4.79 Å². The molecule has 2 aromatic rings. The van der Waals surface area contributed by atoms with Crippen LogP contribution in [0.5, 0.6) is 0 Å². The second-order valence-corrected chi connectivity index (χ2v) is 5.76. The number of aromatic nitrogens is 1. The molecule has 0 saturated heterocycles. The highest BCUT2D eigenvalue weighted by molar-refractivity contribution is 7.13. The third-order valence-electron chi connectivity index (χ3n) is 2.96. The summed E-state index contributed by atoms with van der Waals surface area (Å²) in [6, 6.07) is 8.10. The van der Waals surface area contributed by atoms with Gasteiger partial charge >= 0.3 is 0 Å². The van der Waals surface area contributed by atoms with E-state index in [1.807, 2.05) is 24.4 Å². The van der Waals surface area contributed by atoms with E-state index in [9.17, 15) is 4.79 Å². The van der Waals surface area contributed by atoms with Crippen molar-refractivity contribution >= 4 is 22.4 Å². The largest absolute Gasteiger partial charge is 0.323 e. The molecule has 106 valence electrons. The molecule has 4 nitrogen and oxygen atoms in total. The summed E-state index contributed by atoms with van der Waals surface area (Å²) in [6.45, 7) is 3.92. The van der Waals surface area contributed by atoms with Crippen LogP contribution in [-0.4, -0.2) is 10.9 Å². The number of thiazole rings is 1. The summed E-state index contributed by atoms with van der Waals surface area (Å²) in [4.78, 5) is 16.2. The van der Waals surface area contributed by atoms with E-state index in [0.717, 1.165) is 12.1 Å². The van der Waals surface area contributed by atoms with Crippen LogP contribution in [0.15, 0.2) is 29.6 Å². The molecule has 1 atom stereocenters. The molecule has 0 bridgehead atoms. The molecule has 3 N–H and O–H groups in total. The van der Waals surface area contributed by atoms with Crippen molar-refractivity contribution in [1.29, 1.82) is 0 Å². The average Bonchev–Trinajstić information content (AvgIpc) is 2.85. The second-order valence-electron chi connectivity index (χ2n) is 4.90. The highest BCUT2D eigenvalue weighted by Crippen LogP contribution is 2.19. The number of nitrogens with two attached hydrogens (primary N) is 1. The van der Waals surface area contributed by atoms with Crippen molar-refractivity contribution in [3.63, 3.8) is 0 Å². The minimum atomic E-state index is -0.107. The minimum absolute atomic E-state index is 0.0166. The van der Waals surface area contributed by atoms with E-state index < -0.39 is 0 Å². The van der Waals surface area contributed by atoms with Gasteiger partial charge in [-0.2, -0.15) is 0 Å². The number of anilines is 1. The predicted octanol–water partition coefficient (Wildman–Crippen LogP) is 3.04. The Balaban J connectivity index is 1.86. The molecule has 2 rings (SSSR count). The maximum Gasteiger partial charge on any atom is 0.226 e. The molecule has 0 radical (unpaired) electrons. The number of carbonyl (C=O) groups excluding carboxylic acids is 1. The van der Waals surface area contributed by atoms with Crippen LogP contribution in [0.3, 0.4) is 0 Å². The molecule has 0 aliphatic heterocycles. The third-order valence-corrected chi connectivity index (χ3v) is 3.73. The van der Waals surface area contributed by atoms with Gasteiger partial charge in [0.05, 0.1) is 5.69 Å². The SMILES string of the molecule is Cc1cccc(CCC(=O)Nc2nc(C(C)N)cs2)c1. The Morgan fingerprint density at radius 3 is 2.95 bits per heavy atom. The van der Waals surface area contributed by atoms with Gasteiger partial charge in [0.25, 0.3) is 0 Å². The van der Waals surface area contributed by atoms with Gasteiger partial charge in [0.2, 0.25) is 5.91 Å². The van der Waals surface area contributed by atoms with E-state index in [2.05, 4.69) is 29.4 Å². The third kappa shape index (κ3) is 4.15. The fourth-order valence-corrected chi connectivity index (χ4v) is 2.69. The summed E-state index contributed by atoms with van der Waals surface area (Å²) in [5, 5.41) is 5.31. The zero-order chi connectivity index (χ0) is 14.5. The number of nitrogens with zero attached hydrogens (tertiary/aromatic N) is 1. The fourth-order valence-electron chi connectivity index (χ4n) is 1.86. The number of amides is 1. The molecule has 1 unspecified atom stereocenters. The van der Waals surface area contributed by atoms with Crippen LogP contribution in [0.25, 0.3) is 0 Å². The molecule has 20 heavy (non-hydrogen) atoms. The number of carbonyl (C=O) groups is 1. The smallest absolute Gasteiger partial charge is 0.226 e. The molecule has 0 saturated carbocycles. The van der Waals surface area contributed by atoms with Gasteiger partial charge in [-0.15, -0.1) is 11.3 Å². The summed E-state index contributed by atoms with van der Waals surface area (Å²) >= 11 is 1.41. The van der Waals surface area contributed by atoms with Crippen molar-refractivity contribution in [3.05, 3.63) is 46.5 Å². The van der Waals surface area contributed by atoms with Gasteiger partial charge in [0.15, 0.2) is 5.13 Å². The van der Waals surface area contributed by atoms with Gasteiger partial charge in [0.1, 0.15) is 0 Å². The van der Waals surface area contributed by atoms with Gasteiger partial charge in [-0.3, -0.25) is 4.79 Å².